The van der Waals surface area contributed by atoms with E-state index in [2.05, 4.69) is 49.5 Å². The van der Waals surface area contributed by atoms with Crippen LogP contribution in [0.4, 0.5) is 0 Å². The Bertz CT molecular complexity index is 893. The summed E-state index contributed by atoms with van der Waals surface area (Å²) in [5, 5.41) is 8.08. The van der Waals surface area contributed by atoms with Gasteiger partial charge in [0.15, 0.2) is 0 Å². The average molecular weight is 486 g/mol. The standard InChI is InChI=1S/C28H47N5O2/c1-6-7-15-32-26(34)25(18-20(2)3)29-27(35)28(32)13-16-31(17-14-28)19-24-21(4)30-33(22(24)5)23-11-9-8-10-12-23/h20,23,25H,6-19H2,1-5H3,(H,29,35). The summed E-state index contributed by atoms with van der Waals surface area (Å²) < 4.78 is 2.30. The minimum atomic E-state index is -0.688. The average Bonchev–Trinajstić information content (AvgIpc) is 3.12. The molecular weight excluding hydrogens is 438 g/mol. The van der Waals surface area contributed by atoms with Crippen molar-refractivity contribution < 1.29 is 9.59 Å². The lowest BCUT2D eigenvalue weighted by atomic mass is 9.80. The molecule has 196 valence electrons. The molecule has 2 saturated heterocycles. The molecule has 2 aliphatic heterocycles. The number of nitrogens with zero attached hydrogens (tertiary/aromatic N) is 4. The summed E-state index contributed by atoms with van der Waals surface area (Å²) in [6.45, 7) is 13.9. The molecule has 1 aromatic rings. The van der Waals surface area contributed by atoms with Crippen molar-refractivity contribution in [3.05, 3.63) is 17.0 Å². The Morgan fingerprint density at radius 2 is 1.77 bits per heavy atom. The SMILES string of the molecule is CCCCN1C(=O)C(CC(C)C)NC(=O)C12CCN(Cc1c(C)nn(C3CCCCC3)c1C)CC2. The van der Waals surface area contributed by atoms with E-state index in [0.717, 1.165) is 38.2 Å². The first-order valence-electron chi connectivity index (χ1n) is 14.2. The van der Waals surface area contributed by atoms with Crippen LogP contribution in [-0.2, 0) is 16.1 Å². The number of likely N-dealkylation sites (tertiary alicyclic amines) is 1. The van der Waals surface area contributed by atoms with Gasteiger partial charge < -0.3 is 10.2 Å². The van der Waals surface area contributed by atoms with Crippen LogP contribution in [0.25, 0.3) is 0 Å². The third-order valence-corrected chi connectivity index (χ3v) is 8.71. The Morgan fingerprint density at radius 3 is 2.40 bits per heavy atom. The van der Waals surface area contributed by atoms with Gasteiger partial charge in [0.1, 0.15) is 11.6 Å². The molecule has 35 heavy (non-hydrogen) atoms. The highest BCUT2D eigenvalue weighted by Crippen LogP contribution is 2.36. The summed E-state index contributed by atoms with van der Waals surface area (Å²) in [4.78, 5) is 31.4. The molecule has 7 nitrogen and oxygen atoms in total. The van der Waals surface area contributed by atoms with Crippen LogP contribution in [0.1, 0.15) is 108 Å². The number of unbranched alkanes of at least 4 members (excludes halogenated alkanes) is 1. The first kappa shape index (κ1) is 26.2. The van der Waals surface area contributed by atoms with Gasteiger partial charge in [0.25, 0.3) is 0 Å². The number of hydrogen-bond donors (Lipinski definition) is 1. The lowest BCUT2D eigenvalue weighted by Crippen LogP contribution is -2.73. The van der Waals surface area contributed by atoms with Crippen molar-refractivity contribution in [1.82, 2.24) is 24.9 Å². The monoisotopic (exact) mass is 485 g/mol. The van der Waals surface area contributed by atoms with E-state index in [1.54, 1.807) is 0 Å². The van der Waals surface area contributed by atoms with Crippen molar-refractivity contribution >= 4 is 11.8 Å². The van der Waals surface area contributed by atoms with Gasteiger partial charge in [-0.3, -0.25) is 19.2 Å². The molecule has 3 fully saturated rings. The number of piperidine rings is 1. The van der Waals surface area contributed by atoms with Gasteiger partial charge in [-0.1, -0.05) is 46.5 Å². The van der Waals surface area contributed by atoms with E-state index < -0.39 is 5.54 Å². The van der Waals surface area contributed by atoms with Crippen LogP contribution < -0.4 is 5.32 Å². The number of piperazine rings is 1. The summed E-state index contributed by atoms with van der Waals surface area (Å²) in [6.07, 6.45) is 10.5. The predicted molar refractivity (Wildman–Crippen MR) is 139 cm³/mol. The van der Waals surface area contributed by atoms with Crippen LogP contribution in [-0.4, -0.2) is 62.6 Å². The highest BCUT2D eigenvalue weighted by molar-refractivity contribution is 6.00. The van der Waals surface area contributed by atoms with E-state index in [4.69, 9.17) is 5.10 Å². The number of hydrogen-bond acceptors (Lipinski definition) is 4. The van der Waals surface area contributed by atoms with Crippen LogP contribution in [0, 0.1) is 19.8 Å². The number of rotatable bonds is 8. The molecule has 2 amide bonds. The zero-order chi connectivity index (χ0) is 25.2. The first-order chi connectivity index (χ1) is 16.8. The van der Waals surface area contributed by atoms with Gasteiger partial charge in [-0.2, -0.15) is 5.10 Å². The van der Waals surface area contributed by atoms with E-state index in [-0.39, 0.29) is 17.9 Å². The largest absolute Gasteiger partial charge is 0.342 e. The number of aromatic nitrogens is 2. The summed E-state index contributed by atoms with van der Waals surface area (Å²) >= 11 is 0. The zero-order valence-corrected chi connectivity index (χ0v) is 22.7. The predicted octanol–water partition coefficient (Wildman–Crippen LogP) is 4.51. The molecule has 7 heteroatoms. The fourth-order valence-corrected chi connectivity index (χ4v) is 6.56. The second-order valence-electron chi connectivity index (χ2n) is 11.7. The third-order valence-electron chi connectivity index (χ3n) is 8.71. The summed E-state index contributed by atoms with van der Waals surface area (Å²) in [7, 11) is 0. The lowest BCUT2D eigenvalue weighted by molar-refractivity contribution is -0.161. The van der Waals surface area contributed by atoms with Crippen molar-refractivity contribution in [2.75, 3.05) is 19.6 Å². The van der Waals surface area contributed by atoms with Gasteiger partial charge in [-0.25, -0.2) is 0 Å². The van der Waals surface area contributed by atoms with Gasteiger partial charge >= 0.3 is 0 Å². The van der Waals surface area contributed by atoms with Gasteiger partial charge in [-0.05, 0) is 58.3 Å². The Balaban J connectivity index is 1.46. The second-order valence-corrected chi connectivity index (χ2v) is 11.7. The zero-order valence-electron chi connectivity index (χ0n) is 22.7. The molecule has 1 aromatic heterocycles. The fourth-order valence-electron chi connectivity index (χ4n) is 6.56. The normalized spacial score (nSPS) is 23.9. The number of aryl methyl sites for hydroxylation is 1. The van der Waals surface area contributed by atoms with Crippen LogP contribution in [0.2, 0.25) is 0 Å². The molecule has 0 aromatic carbocycles. The number of amides is 2. The summed E-state index contributed by atoms with van der Waals surface area (Å²) in [5.74, 6) is 0.561. The summed E-state index contributed by atoms with van der Waals surface area (Å²) in [6, 6.07) is 0.169. The smallest absolute Gasteiger partial charge is 0.246 e. The molecule has 3 aliphatic rings. The maximum atomic E-state index is 13.5. The van der Waals surface area contributed by atoms with E-state index in [1.807, 2.05) is 4.90 Å². The minimum absolute atomic E-state index is 0.0657. The van der Waals surface area contributed by atoms with Gasteiger partial charge in [0.05, 0.1) is 11.7 Å². The minimum Gasteiger partial charge on any atom is -0.342 e. The van der Waals surface area contributed by atoms with E-state index in [1.165, 1.54) is 43.4 Å². The molecule has 0 bridgehead atoms. The van der Waals surface area contributed by atoms with Crippen molar-refractivity contribution in [3.63, 3.8) is 0 Å². The van der Waals surface area contributed by atoms with Crippen molar-refractivity contribution in [2.45, 2.75) is 123 Å². The Morgan fingerprint density at radius 1 is 1.09 bits per heavy atom. The molecule has 1 saturated carbocycles. The van der Waals surface area contributed by atoms with E-state index in [9.17, 15) is 9.59 Å². The summed E-state index contributed by atoms with van der Waals surface area (Å²) in [5.41, 5.74) is 3.10. The van der Waals surface area contributed by atoms with Crippen molar-refractivity contribution in [2.24, 2.45) is 5.92 Å². The quantitative estimate of drug-likeness (QED) is 0.588. The fraction of sp³-hybridized carbons (Fsp3) is 0.821. The molecule has 1 N–H and O–H groups in total. The Labute approximate surface area is 212 Å². The highest BCUT2D eigenvalue weighted by atomic mass is 16.2. The molecule has 1 aliphatic carbocycles. The highest BCUT2D eigenvalue weighted by Gasteiger charge is 2.53. The van der Waals surface area contributed by atoms with E-state index >= 15 is 0 Å². The molecular formula is C28H47N5O2. The molecule has 4 rings (SSSR count). The van der Waals surface area contributed by atoms with Gasteiger partial charge in [0, 0.05) is 37.4 Å². The maximum Gasteiger partial charge on any atom is 0.246 e. The van der Waals surface area contributed by atoms with Gasteiger partial charge in [0.2, 0.25) is 11.8 Å². The molecule has 1 atom stereocenters. The van der Waals surface area contributed by atoms with Crippen LogP contribution >= 0.6 is 0 Å². The Kier molecular flexibility index (Phi) is 8.24. The maximum absolute atomic E-state index is 13.5. The molecule has 3 heterocycles. The topological polar surface area (TPSA) is 70.5 Å². The lowest BCUT2D eigenvalue weighted by Gasteiger charge is -2.52. The molecule has 0 radical (unpaired) electrons. The van der Waals surface area contributed by atoms with Gasteiger partial charge in [-0.15, -0.1) is 0 Å². The van der Waals surface area contributed by atoms with Crippen molar-refractivity contribution in [3.8, 4) is 0 Å². The van der Waals surface area contributed by atoms with Crippen LogP contribution in [0.3, 0.4) is 0 Å². The Hall–Kier alpha value is -1.89. The third kappa shape index (κ3) is 5.30. The first-order valence-corrected chi connectivity index (χ1v) is 14.2. The molecule has 1 spiro atoms. The van der Waals surface area contributed by atoms with E-state index in [0.29, 0.717) is 37.8 Å². The van der Waals surface area contributed by atoms with Crippen LogP contribution in [0.5, 0.6) is 0 Å². The number of carbonyl (C=O) groups excluding carboxylic acids is 2. The van der Waals surface area contributed by atoms with Crippen molar-refractivity contribution in [1.29, 1.82) is 0 Å². The number of carbonyl (C=O) groups is 2. The number of nitrogens with one attached hydrogen (secondary N) is 1. The second kappa shape index (κ2) is 11.0. The van der Waals surface area contributed by atoms with Crippen LogP contribution in [0.15, 0.2) is 0 Å². The molecule has 1 unspecified atom stereocenters.